The van der Waals surface area contributed by atoms with Crippen LogP contribution in [0.5, 0.6) is 11.5 Å². The van der Waals surface area contributed by atoms with Crippen molar-refractivity contribution >= 4 is 17.3 Å². The van der Waals surface area contributed by atoms with E-state index < -0.39 is 16.9 Å². The highest BCUT2D eigenvalue weighted by atomic mass is 16.6. The van der Waals surface area contributed by atoms with E-state index in [2.05, 4.69) is 10.6 Å². The van der Waals surface area contributed by atoms with Gasteiger partial charge >= 0.3 is 0 Å². The Kier molecular flexibility index (Phi) is 6.00. The van der Waals surface area contributed by atoms with Gasteiger partial charge in [0.15, 0.2) is 0 Å². The van der Waals surface area contributed by atoms with Crippen LogP contribution in [0.1, 0.15) is 28.9 Å². The fourth-order valence-electron chi connectivity index (χ4n) is 2.57. The van der Waals surface area contributed by atoms with E-state index in [1.54, 1.807) is 46.4 Å². The molecule has 1 atom stereocenters. The first kappa shape index (κ1) is 19.0. The lowest BCUT2D eigenvalue weighted by Gasteiger charge is -2.18. The Labute approximate surface area is 151 Å². The third-order valence-corrected chi connectivity index (χ3v) is 3.98. The van der Waals surface area contributed by atoms with Crippen molar-refractivity contribution in [1.82, 2.24) is 5.32 Å². The molecule has 0 saturated carbocycles. The SMILES string of the molecule is CNc1ccc(C(=O)N[C@H](C)c2cc(OC)ccc2OC)cc1[N+](=O)[O-]. The summed E-state index contributed by atoms with van der Waals surface area (Å²) in [5.41, 5.74) is 1.12. The molecule has 0 radical (unpaired) electrons. The molecule has 1 amide bonds. The van der Waals surface area contributed by atoms with Gasteiger partial charge in [0, 0.05) is 24.2 Å². The number of nitrogens with one attached hydrogen (secondary N) is 2. The zero-order chi connectivity index (χ0) is 19.3. The number of nitro groups is 1. The van der Waals surface area contributed by atoms with Gasteiger partial charge in [-0.2, -0.15) is 0 Å². The van der Waals surface area contributed by atoms with Crippen LogP contribution >= 0.6 is 0 Å². The number of anilines is 1. The maximum absolute atomic E-state index is 12.5. The lowest BCUT2D eigenvalue weighted by atomic mass is 10.1. The van der Waals surface area contributed by atoms with Crippen LogP contribution in [0.4, 0.5) is 11.4 Å². The minimum absolute atomic E-state index is 0.160. The summed E-state index contributed by atoms with van der Waals surface area (Å²) in [6.07, 6.45) is 0. The zero-order valence-electron chi connectivity index (χ0n) is 15.0. The molecule has 0 aliphatic heterocycles. The Morgan fingerprint density at radius 2 is 1.88 bits per heavy atom. The summed E-state index contributed by atoms with van der Waals surface area (Å²) in [6, 6.07) is 9.18. The number of hydrogen-bond acceptors (Lipinski definition) is 6. The fourth-order valence-corrected chi connectivity index (χ4v) is 2.57. The molecule has 0 aliphatic rings. The van der Waals surface area contributed by atoms with Gasteiger partial charge in [0.05, 0.1) is 25.2 Å². The average Bonchev–Trinajstić information content (AvgIpc) is 2.66. The maximum Gasteiger partial charge on any atom is 0.293 e. The number of carbonyl (C=O) groups is 1. The van der Waals surface area contributed by atoms with E-state index in [-0.39, 0.29) is 11.3 Å². The molecule has 8 nitrogen and oxygen atoms in total. The molecule has 0 unspecified atom stereocenters. The van der Waals surface area contributed by atoms with Gasteiger partial charge in [-0.05, 0) is 37.3 Å². The van der Waals surface area contributed by atoms with Gasteiger partial charge in [-0.3, -0.25) is 14.9 Å². The maximum atomic E-state index is 12.5. The predicted molar refractivity (Wildman–Crippen MR) is 98.1 cm³/mol. The molecule has 26 heavy (non-hydrogen) atoms. The summed E-state index contributed by atoms with van der Waals surface area (Å²) in [5.74, 6) is 0.819. The van der Waals surface area contributed by atoms with Gasteiger partial charge in [-0.15, -0.1) is 0 Å². The van der Waals surface area contributed by atoms with Gasteiger partial charge in [0.1, 0.15) is 17.2 Å². The van der Waals surface area contributed by atoms with Crippen molar-refractivity contribution in [3.05, 3.63) is 57.6 Å². The zero-order valence-corrected chi connectivity index (χ0v) is 15.0. The highest BCUT2D eigenvalue weighted by Crippen LogP contribution is 2.30. The number of hydrogen-bond donors (Lipinski definition) is 2. The van der Waals surface area contributed by atoms with E-state index >= 15 is 0 Å². The van der Waals surface area contributed by atoms with Crippen LogP contribution in [-0.2, 0) is 0 Å². The van der Waals surface area contributed by atoms with Crippen molar-refractivity contribution in [1.29, 1.82) is 0 Å². The Morgan fingerprint density at radius 3 is 2.46 bits per heavy atom. The van der Waals surface area contributed by atoms with E-state index in [1.165, 1.54) is 18.2 Å². The van der Waals surface area contributed by atoms with Crippen molar-refractivity contribution in [3.63, 3.8) is 0 Å². The topological polar surface area (TPSA) is 103 Å². The number of nitrogens with zero attached hydrogens (tertiary/aromatic N) is 1. The average molecular weight is 359 g/mol. The number of benzene rings is 2. The van der Waals surface area contributed by atoms with Crippen LogP contribution in [0.15, 0.2) is 36.4 Å². The summed E-state index contributed by atoms with van der Waals surface area (Å²) in [7, 11) is 4.68. The lowest BCUT2D eigenvalue weighted by molar-refractivity contribution is -0.384. The third kappa shape index (κ3) is 4.02. The number of amides is 1. The second-order valence-corrected chi connectivity index (χ2v) is 5.54. The molecule has 0 bridgehead atoms. The number of carbonyl (C=O) groups excluding carboxylic acids is 1. The monoisotopic (exact) mass is 359 g/mol. The predicted octanol–water partition coefficient (Wildman–Crippen LogP) is 3.14. The highest BCUT2D eigenvalue weighted by Gasteiger charge is 2.20. The second kappa shape index (κ2) is 8.19. The van der Waals surface area contributed by atoms with Crippen molar-refractivity contribution < 1.29 is 19.2 Å². The number of methoxy groups -OCH3 is 2. The minimum Gasteiger partial charge on any atom is -0.497 e. The molecule has 0 heterocycles. The molecule has 2 N–H and O–H groups in total. The van der Waals surface area contributed by atoms with E-state index in [0.717, 1.165) is 5.56 Å². The Balaban J connectivity index is 2.27. The summed E-state index contributed by atoms with van der Waals surface area (Å²) >= 11 is 0. The van der Waals surface area contributed by atoms with E-state index in [9.17, 15) is 14.9 Å². The molecule has 8 heteroatoms. The van der Waals surface area contributed by atoms with Gasteiger partial charge in [-0.25, -0.2) is 0 Å². The minimum atomic E-state index is -0.531. The summed E-state index contributed by atoms with van der Waals surface area (Å²) < 4.78 is 10.5. The van der Waals surface area contributed by atoms with Crippen LogP contribution in [-0.4, -0.2) is 32.1 Å². The molecule has 138 valence electrons. The molecular formula is C18H21N3O5. The second-order valence-electron chi connectivity index (χ2n) is 5.54. The molecule has 2 rings (SSSR count). The number of nitro benzene ring substituents is 1. The summed E-state index contributed by atoms with van der Waals surface area (Å²) in [6.45, 7) is 1.80. The first-order chi connectivity index (χ1) is 12.4. The molecule has 0 saturated heterocycles. The molecule has 0 fully saturated rings. The molecule has 0 aliphatic carbocycles. The smallest absolute Gasteiger partial charge is 0.293 e. The quantitative estimate of drug-likeness (QED) is 0.581. The van der Waals surface area contributed by atoms with Crippen LogP contribution in [0, 0.1) is 10.1 Å². The standard InChI is InChI=1S/C18H21N3O5/c1-11(14-10-13(25-3)6-8-17(14)26-4)20-18(22)12-5-7-15(19-2)16(9-12)21(23)24/h5-11,19H,1-4H3,(H,20,22)/t11-/m1/s1. The summed E-state index contributed by atoms with van der Waals surface area (Å²) in [5, 5.41) is 16.7. The van der Waals surface area contributed by atoms with Crippen LogP contribution < -0.4 is 20.1 Å². The first-order valence-corrected chi connectivity index (χ1v) is 7.90. The molecule has 0 aromatic heterocycles. The Hall–Kier alpha value is -3.29. The van der Waals surface area contributed by atoms with Crippen LogP contribution in [0.2, 0.25) is 0 Å². The first-order valence-electron chi connectivity index (χ1n) is 7.90. The normalized spacial score (nSPS) is 11.4. The van der Waals surface area contributed by atoms with Crippen molar-refractivity contribution in [2.45, 2.75) is 13.0 Å². The van der Waals surface area contributed by atoms with Crippen LogP contribution in [0.25, 0.3) is 0 Å². The highest BCUT2D eigenvalue weighted by molar-refractivity contribution is 5.96. The van der Waals surface area contributed by atoms with E-state index in [0.29, 0.717) is 17.2 Å². The van der Waals surface area contributed by atoms with Gasteiger partial charge in [-0.1, -0.05) is 0 Å². The lowest BCUT2D eigenvalue weighted by Crippen LogP contribution is -2.27. The van der Waals surface area contributed by atoms with Gasteiger partial charge in [0.25, 0.3) is 11.6 Å². The Morgan fingerprint density at radius 1 is 1.15 bits per heavy atom. The fraction of sp³-hybridized carbons (Fsp3) is 0.278. The molecule has 2 aromatic carbocycles. The van der Waals surface area contributed by atoms with Crippen molar-refractivity contribution in [2.75, 3.05) is 26.6 Å². The number of rotatable bonds is 7. The third-order valence-electron chi connectivity index (χ3n) is 3.98. The van der Waals surface area contributed by atoms with Gasteiger partial charge < -0.3 is 20.1 Å². The molecular weight excluding hydrogens is 338 g/mol. The Bertz CT molecular complexity index is 822. The van der Waals surface area contributed by atoms with E-state index in [1.807, 2.05) is 0 Å². The van der Waals surface area contributed by atoms with Crippen molar-refractivity contribution in [2.24, 2.45) is 0 Å². The molecule has 2 aromatic rings. The molecule has 0 spiro atoms. The van der Waals surface area contributed by atoms with Crippen molar-refractivity contribution in [3.8, 4) is 11.5 Å². The number of ether oxygens (including phenoxy) is 2. The largest absolute Gasteiger partial charge is 0.497 e. The van der Waals surface area contributed by atoms with Gasteiger partial charge in [0.2, 0.25) is 0 Å². The van der Waals surface area contributed by atoms with E-state index in [4.69, 9.17) is 9.47 Å². The van der Waals surface area contributed by atoms with Crippen LogP contribution in [0.3, 0.4) is 0 Å². The summed E-state index contributed by atoms with van der Waals surface area (Å²) in [4.78, 5) is 23.2.